The first-order valence-electron chi connectivity index (χ1n) is 5.65. The zero-order valence-corrected chi connectivity index (χ0v) is 9.69. The molecule has 0 aromatic heterocycles. The molecule has 0 spiro atoms. The second-order valence-electron chi connectivity index (χ2n) is 4.89. The lowest BCUT2D eigenvalue weighted by Crippen LogP contribution is -2.22. The van der Waals surface area contributed by atoms with E-state index in [9.17, 15) is 8.78 Å². The Morgan fingerprint density at radius 2 is 1.94 bits per heavy atom. The molecule has 2 heteroatoms. The third-order valence-electron chi connectivity index (χ3n) is 3.41. The predicted octanol–water partition coefficient (Wildman–Crippen LogP) is 4.35. The summed E-state index contributed by atoms with van der Waals surface area (Å²) < 4.78 is 26.1. The van der Waals surface area contributed by atoms with Crippen LogP contribution in [0.4, 0.5) is 8.78 Å². The SMILES string of the molecule is CC1=C[C@](C)(c2ccc(F)c(F)c2)CCC1. The lowest BCUT2D eigenvalue weighted by atomic mass is 9.73. The summed E-state index contributed by atoms with van der Waals surface area (Å²) in [5.41, 5.74) is 2.06. The maximum atomic E-state index is 13.2. The number of hydrogen-bond acceptors (Lipinski definition) is 0. The first kappa shape index (κ1) is 11.3. The van der Waals surface area contributed by atoms with E-state index >= 15 is 0 Å². The highest BCUT2D eigenvalue weighted by Crippen LogP contribution is 2.37. The Bertz CT molecular complexity index is 434. The van der Waals surface area contributed by atoms with Crippen molar-refractivity contribution in [3.8, 4) is 0 Å². The summed E-state index contributed by atoms with van der Waals surface area (Å²) in [6.45, 7) is 4.18. The molecule has 1 aromatic rings. The molecule has 0 heterocycles. The molecule has 0 unspecified atom stereocenters. The quantitative estimate of drug-likeness (QED) is 0.619. The summed E-state index contributed by atoms with van der Waals surface area (Å²) in [5.74, 6) is -1.53. The van der Waals surface area contributed by atoms with Gasteiger partial charge in [0, 0.05) is 5.41 Å². The molecule has 1 atom stereocenters. The summed E-state index contributed by atoms with van der Waals surface area (Å²) in [6.07, 6.45) is 5.40. The van der Waals surface area contributed by atoms with Crippen molar-refractivity contribution in [2.45, 2.75) is 38.5 Å². The van der Waals surface area contributed by atoms with Gasteiger partial charge in [-0.1, -0.05) is 24.6 Å². The molecule has 0 fully saturated rings. The Kier molecular flexibility index (Phi) is 2.83. The van der Waals surface area contributed by atoms with Crippen molar-refractivity contribution >= 4 is 0 Å². The Morgan fingerprint density at radius 1 is 1.19 bits per heavy atom. The van der Waals surface area contributed by atoms with E-state index in [-0.39, 0.29) is 5.41 Å². The van der Waals surface area contributed by atoms with E-state index in [0.717, 1.165) is 24.8 Å². The molecule has 1 aliphatic rings. The largest absolute Gasteiger partial charge is 0.204 e. The molecule has 0 saturated carbocycles. The minimum atomic E-state index is -0.774. The van der Waals surface area contributed by atoms with Gasteiger partial charge >= 0.3 is 0 Å². The molecule has 16 heavy (non-hydrogen) atoms. The van der Waals surface area contributed by atoms with Crippen LogP contribution in [0.5, 0.6) is 0 Å². The molecule has 86 valence electrons. The van der Waals surface area contributed by atoms with Gasteiger partial charge in [0.2, 0.25) is 0 Å². The van der Waals surface area contributed by atoms with Crippen molar-refractivity contribution in [2.75, 3.05) is 0 Å². The van der Waals surface area contributed by atoms with Crippen LogP contribution < -0.4 is 0 Å². The Hall–Kier alpha value is -1.18. The standard InChI is InChI=1S/C14H16F2/c1-10-4-3-7-14(2,9-10)11-5-6-12(15)13(16)8-11/h5-6,8-9H,3-4,7H2,1-2H3/t14-/m1/s1. The fourth-order valence-corrected chi connectivity index (χ4v) is 2.50. The van der Waals surface area contributed by atoms with Crippen LogP contribution in [0.25, 0.3) is 0 Å². The highest BCUT2D eigenvalue weighted by molar-refractivity contribution is 5.33. The van der Waals surface area contributed by atoms with E-state index in [1.807, 2.05) is 0 Å². The van der Waals surface area contributed by atoms with Gasteiger partial charge in [-0.25, -0.2) is 8.78 Å². The topological polar surface area (TPSA) is 0 Å². The molecule has 0 radical (unpaired) electrons. The maximum absolute atomic E-state index is 13.2. The molecule has 0 saturated heterocycles. The fraction of sp³-hybridized carbons (Fsp3) is 0.429. The van der Waals surface area contributed by atoms with Crippen LogP contribution in [-0.4, -0.2) is 0 Å². The van der Waals surface area contributed by atoms with Gasteiger partial charge < -0.3 is 0 Å². The molecule has 0 amide bonds. The Morgan fingerprint density at radius 3 is 2.56 bits per heavy atom. The van der Waals surface area contributed by atoms with Crippen LogP contribution >= 0.6 is 0 Å². The van der Waals surface area contributed by atoms with Crippen molar-refractivity contribution in [3.05, 3.63) is 47.0 Å². The highest BCUT2D eigenvalue weighted by Gasteiger charge is 2.27. The van der Waals surface area contributed by atoms with Crippen molar-refractivity contribution in [2.24, 2.45) is 0 Å². The fourth-order valence-electron chi connectivity index (χ4n) is 2.50. The first-order valence-corrected chi connectivity index (χ1v) is 5.65. The Balaban J connectivity index is 2.43. The molecule has 2 rings (SSSR count). The zero-order valence-electron chi connectivity index (χ0n) is 9.69. The van der Waals surface area contributed by atoms with Gasteiger partial charge in [-0.15, -0.1) is 0 Å². The normalized spacial score (nSPS) is 25.4. The first-order chi connectivity index (χ1) is 7.51. The molecule has 1 aromatic carbocycles. The van der Waals surface area contributed by atoms with E-state index in [1.54, 1.807) is 6.07 Å². The van der Waals surface area contributed by atoms with E-state index in [0.29, 0.717) is 0 Å². The van der Waals surface area contributed by atoms with E-state index in [1.165, 1.54) is 17.7 Å². The van der Waals surface area contributed by atoms with Crippen LogP contribution in [0.2, 0.25) is 0 Å². The van der Waals surface area contributed by atoms with Gasteiger partial charge in [-0.3, -0.25) is 0 Å². The van der Waals surface area contributed by atoms with Crippen LogP contribution in [0.3, 0.4) is 0 Å². The van der Waals surface area contributed by atoms with Crippen LogP contribution in [0.1, 0.15) is 38.7 Å². The van der Waals surface area contributed by atoms with E-state index in [4.69, 9.17) is 0 Å². The zero-order chi connectivity index (χ0) is 11.8. The lowest BCUT2D eigenvalue weighted by molar-refractivity contribution is 0.469. The van der Waals surface area contributed by atoms with E-state index in [2.05, 4.69) is 19.9 Å². The predicted molar refractivity (Wildman–Crippen MR) is 61.3 cm³/mol. The molecular formula is C14H16F2. The number of allylic oxidation sites excluding steroid dienone is 2. The summed E-state index contributed by atoms with van der Waals surface area (Å²) in [4.78, 5) is 0. The number of hydrogen-bond donors (Lipinski definition) is 0. The summed E-state index contributed by atoms with van der Waals surface area (Å²) in [6, 6.07) is 4.23. The van der Waals surface area contributed by atoms with Crippen LogP contribution in [0, 0.1) is 11.6 Å². The van der Waals surface area contributed by atoms with Crippen molar-refractivity contribution < 1.29 is 8.78 Å². The van der Waals surface area contributed by atoms with E-state index < -0.39 is 11.6 Å². The monoisotopic (exact) mass is 222 g/mol. The highest BCUT2D eigenvalue weighted by atomic mass is 19.2. The molecule has 0 bridgehead atoms. The van der Waals surface area contributed by atoms with Crippen molar-refractivity contribution in [1.29, 1.82) is 0 Å². The van der Waals surface area contributed by atoms with Gasteiger partial charge in [0.15, 0.2) is 11.6 Å². The van der Waals surface area contributed by atoms with Gasteiger partial charge in [0.1, 0.15) is 0 Å². The molecular weight excluding hydrogens is 206 g/mol. The summed E-state index contributed by atoms with van der Waals surface area (Å²) in [7, 11) is 0. The molecule has 0 nitrogen and oxygen atoms in total. The van der Waals surface area contributed by atoms with Crippen LogP contribution in [0.15, 0.2) is 29.8 Å². The third-order valence-corrected chi connectivity index (χ3v) is 3.41. The van der Waals surface area contributed by atoms with Gasteiger partial charge in [-0.05, 0) is 43.9 Å². The van der Waals surface area contributed by atoms with Gasteiger partial charge in [0.25, 0.3) is 0 Å². The maximum Gasteiger partial charge on any atom is 0.159 e. The van der Waals surface area contributed by atoms with Crippen molar-refractivity contribution in [3.63, 3.8) is 0 Å². The smallest absolute Gasteiger partial charge is 0.159 e. The average molecular weight is 222 g/mol. The van der Waals surface area contributed by atoms with Crippen LogP contribution in [-0.2, 0) is 5.41 Å². The lowest BCUT2D eigenvalue weighted by Gasteiger charge is -2.31. The van der Waals surface area contributed by atoms with Crippen molar-refractivity contribution in [1.82, 2.24) is 0 Å². The third kappa shape index (κ3) is 2.01. The van der Waals surface area contributed by atoms with Gasteiger partial charge in [-0.2, -0.15) is 0 Å². The molecule has 0 aliphatic heterocycles. The second-order valence-corrected chi connectivity index (χ2v) is 4.89. The summed E-state index contributed by atoms with van der Waals surface area (Å²) in [5, 5.41) is 0. The second kappa shape index (κ2) is 4.00. The molecule has 0 N–H and O–H groups in total. The molecule has 1 aliphatic carbocycles. The summed E-state index contributed by atoms with van der Waals surface area (Å²) >= 11 is 0. The minimum absolute atomic E-state index is 0.142. The average Bonchev–Trinajstić information content (AvgIpc) is 2.21. The number of rotatable bonds is 1. The Labute approximate surface area is 95.0 Å². The number of benzene rings is 1. The number of halogens is 2. The van der Waals surface area contributed by atoms with Gasteiger partial charge in [0.05, 0.1) is 0 Å². The minimum Gasteiger partial charge on any atom is -0.204 e.